The van der Waals surface area contributed by atoms with Gasteiger partial charge in [0.2, 0.25) is 15.9 Å². The number of nitriles is 1. The van der Waals surface area contributed by atoms with Crippen LogP contribution in [0.15, 0.2) is 0 Å². The molecule has 0 radical (unpaired) electrons. The van der Waals surface area contributed by atoms with Crippen LogP contribution in [0.5, 0.6) is 0 Å². The SMILES string of the molecule is CC(C)CNC(=O)CN(C)S(=O)(=O)C(C)C#N. The van der Waals surface area contributed by atoms with Crippen molar-refractivity contribution in [3.8, 4) is 6.07 Å². The number of rotatable bonds is 6. The largest absolute Gasteiger partial charge is 0.355 e. The molecule has 0 saturated heterocycles. The molecule has 1 unspecified atom stereocenters. The zero-order valence-electron chi connectivity index (χ0n) is 10.6. The van der Waals surface area contributed by atoms with Gasteiger partial charge < -0.3 is 5.32 Å². The van der Waals surface area contributed by atoms with E-state index in [1.165, 1.54) is 14.0 Å². The maximum atomic E-state index is 11.7. The molecular formula is C10H19N3O3S. The number of carbonyl (C=O) groups is 1. The summed E-state index contributed by atoms with van der Waals surface area (Å²) in [5.74, 6) is -0.0613. The van der Waals surface area contributed by atoms with Crippen LogP contribution in [0.1, 0.15) is 20.8 Å². The molecule has 0 fully saturated rings. The van der Waals surface area contributed by atoms with E-state index in [2.05, 4.69) is 5.32 Å². The third-order valence-corrected chi connectivity index (χ3v) is 4.13. The summed E-state index contributed by atoms with van der Waals surface area (Å²) in [5, 5.41) is 10.0. The lowest BCUT2D eigenvalue weighted by Crippen LogP contribution is -2.42. The molecule has 0 aromatic carbocycles. The van der Waals surface area contributed by atoms with Gasteiger partial charge in [0.25, 0.3) is 0 Å². The average Bonchev–Trinajstić information content (AvgIpc) is 2.24. The van der Waals surface area contributed by atoms with E-state index >= 15 is 0 Å². The highest BCUT2D eigenvalue weighted by molar-refractivity contribution is 7.89. The fourth-order valence-corrected chi connectivity index (χ4v) is 1.97. The van der Waals surface area contributed by atoms with Crippen LogP contribution >= 0.6 is 0 Å². The summed E-state index contributed by atoms with van der Waals surface area (Å²) in [5.41, 5.74) is 0. The Bertz CT molecular complexity index is 398. The third kappa shape index (κ3) is 5.15. The molecule has 6 nitrogen and oxygen atoms in total. The van der Waals surface area contributed by atoms with Crippen molar-refractivity contribution >= 4 is 15.9 Å². The number of nitrogens with zero attached hydrogens (tertiary/aromatic N) is 2. The second-order valence-electron chi connectivity index (χ2n) is 4.27. The van der Waals surface area contributed by atoms with Crippen molar-refractivity contribution in [3.05, 3.63) is 0 Å². The average molecular weight is 261 g/mol. The smallest absolute Gasteiger partial charge is 0.235 e. The molecule has 0 spiro atoms. The molecule has 0 rings (SSSR count). The van der Waals surface area contributed by atoms with Crippen molar-refractivity contribution < 1.29 is 13.2 Å². The topological polar surface area (TPSA) is 90.3 Å². The van der Waals surface area contributed by atoms with Crippen LogP contribution in [0.4, 0.5) is 0 Å². The van der Waals surface area contributed by atoms with Gasteiger partial charge in [0.05, 0.1) is 12.6 Å². The van der Waals surface area contributed by atoms with Gasteiger partial charge in [0, 0.05) is 13.6 Å². The molecule has 0 aliphatic carbocycles. The Morgan fingerprint density at radius 1 is 1.41 bits per heavy atom. The van der Waals surface area contributed by atoms with E-state index in [0.717, 1.165) is 4.31 Å². The fraction of sp³-hybridized carbons (Fsp3) is 0.800. The van der Waals surface area contributed by atoms with E-state index in [1.807, 2.05) is 13.8 Å². The number of likely N-dealkylation sites (N-methyl/N-ethyl adjacent to an activating group) is 1. The lowest BCUT2D eigenvalue weighted by Gasteiger charge is -2.18. The Balaban J connectivity index is 4.41. The van der Waals surface area contributed by atoms with Crippen molar-refractivity contribution in [1.82, 2.24) is 9.62 Å². The standard InChI is InChI=1S/C10H19N3O3S/c1-8(2)6-12-10(14)7-13(4)17(15,16)9(3)5-11/h8-9H,6-7H2,1-4H3,(H,12,14). The first kappa shape index (κ1) is 15.9. The summed E-state index contributed by atoms with van der Waals surface area (Å²) in [7, 11) is -2.42. The van der Waals surface area contributed by atoms with Crippen molar-refractivity contribution in [3.63, 3.8) is 0 Å². The van der Waals surface area contributed by atoms with E-state index in [-0.39, 0.29) is 12.5 Å². The first-order valence-electron chi connectivity index (χ1n) is 5.33. The molecular weight excluding hydrogens is 242 g/mol. The molecule has 0 aliphatic rings. The Morgan fingerprint density at radius 2 is 1.94 bits per heavy atom. The minimum atomic E-state index is -3.71. The summed E-state index contributed by atoms with van der Waals surface area (Å²) < 4.78 is 24.2. The normalized spacial score (nSPS) is 13.5. The maximum absolute atomic E-state index is 11.7. The monoisotopic (exact) mass is 261 g/mol. The molecule has 0 heterocycles. The third-order valence-electron chi connectivity index (χ3n) is 2.14. The van der Waals surface area contributed by atoms with E-state index < -0.39 is 15.3 Å². The molecule has 7 heteroatoms. The second-order valence-corrected chi connectivity index (χ2v) is 6.63. The molecule has 0 aliphatic heterocycles. The minimum Gasteiger partial charge on any atom is -0.355 e. The maximum Gasteiger partial charge on any atom is 0.235 e. The number of carbonyl (C=O) groups excluding carboxylic acids is 1. The summed E-state index contributed by atoms with van der Waals surface area (Å²) in [6.07, 6.45) is 0. The van der Waals surface area contributed by atoms with Crippen molar-refractivity contribution in [2.45, 2.75) is 26.0 Å². The molecule has 0 bridgehead atoms. The van der Waals surface area contributed by atoms with Crippen LogP contribution < -0.4 is 5.32 Å². The molecule has 98 valence electrons. The summed E-state index contributed by atoms with van der Waals surface area (Å²) >= 11 is 0. The van der Waals surface area contributed by atoms with E-state index in [9.17, 15) is 13.2 Å². The minimum absolute atomic E-state index is 0.263. The zero-order valence-corrected chi connectivity index (χ0v) is 11.4. The number of nitrogens with one attached hydrogen (secondary N) is 1. The molecule has 0 saturated carbocycles. The Morgan fingerprint density at radius 3 is 2.35 bits per heavy atom. The summed E-state index contributed by atoms with van der Waals surface area (Å²) in [4.78, 5) is 11.4. The first-order chi connectivity index (χ1) is 7.71. The van der Waals surface area contributed by atoms with Gasteiger partial charge >= 0.3 is 0 Å². The van der Waals surface area contributed by atoms with Crippen LogP contribution in [0.25, 0.3) is 0 Å². The van der Waals surface area contributed by atoms with Gasteiger partial charge in [-0.15, -0.1) is 0 Å². The molecule has 1 atom stereocenters. The number of hydrogen-bond donors (Lipinski definition) is 1. The van der Waals surface area contributed by atoms with Crippen molar-refractivity contribution in [1.29, 1.82) is 5.26 Å². The van der Waals surface area contributed by atoms with E-state index in [4.69, 9.17) is 5.26 Å². The summed E-state index contributed by atoms with van der Waals surface area (Å²) in [6.45, 7) is 5.41. The van der Waals surface area contributed by atoms with Gasteiger partial charge in [-0.2, -0.15) is 9.57 Å². The van der Waals surface area contributed by atoms with Crippen LogP contribution in [0, 0.1) is 17.2 Å². The van der Waals surface area contributed by atoms with Crippen LogP contribution in [-0.4, -0.2) is 44.0 Å². The van der Waals surface area contributed by atoms with E-state index in [0.29, 0.717) is 12.5 Å². The van der Waals surface area contributed by atoms with Gasteiger partial charge in [0.15, 0.2) is 5.25 Å². The van der Waals surface area contributed by atoms with Gasteiger partial charge in [-0.05, 0) is 12.8 Å². The second kappa shape index (κ2) is 6.57. The first-order valence-corrected chi connectivity index (χ1v) is 6.83. The highest BCUT2D eigenvalue weighted by Gasteiger charge is 2.27. The number of amides is 1. The predicted octanol–water partition coefficient (Wildman–Crippen LogP) is -0.0677. The Hall–Kier alpha value is -1.13. The predicted molar refractivity (Wildman–Crippen MR) is 64.5 cm³/mol. The van der Waals surface area contributed by atoms with Gasteiger partial charge in [-0.1, -0.05) is 13.8 Å². The molecule has 0 aromatic rings. The number of sulfonamides is 1. The molecule has 17 heavy (non-hydrogen) atoms. The highest BCUT2D eigenvalue weighted by Crippen LogP contribution is 2.05. The lowest BCUT2D eigenvalue weighted by atomic mass is 10.2. The quantitative estimate of drug-likeness (QED) is 0.724. The Labute approximate surface area is 103 Å². The molecule has 1 N–H and O–H groups in total. The fourth-order valence-electron chi connectivity index (χ4n) is 1.00. The summed E-state index contributed by atoms with van der Waals surface area (Å²) in [6, 6.07) is 1.65. The lowest BCUT2D eigenvalue weighted by molar-refractivity contribution is -0.121. The van der Waals surface area contributed by atoms with Crippen LogP contribution in [-0.2, 0) is 14.8 Å². The van der Waals surface area contributed by atoms with Gasteiger partial charge in [-0.25, -0.2) is 8.42 Å². The molecule has 0 aromatic heterocycles. The number of hydrogen-bond acceptors (Lipinski definition) is 4. The van der Waals surface area contributed by atoms with Crippen molar-refractivity contribution in [2.75, 3.05) is 20.1 Å². The van der Waals surface area contributed by atoms with Gasteiger partial charge in [0.1, 0.15) is 0 Å². The van der Waals surface area contributed by atoms with Crippen LogP contribution in [0.2, 0.25) is 0 Å². The highest BCUT2D eigenvalue weighted by atomic mass is 32.2. The zero-order chi connectivity index (χ0) is 13.6. The van der Waals surface area contributed by atoms with Gasteiger partial charge in [-0.3, -0.25) is 4.79 Å². The van der Waals surface area contributed by atoms with E-state index in [1.54, 1.807) is 6.07 Å². The van der Waals surface area contributed by atoms with Crippen LogP contribution in [0.3, 0.4) is 0 Å². The van der Waals surface area contributed by atoms with Crippen molar-refractivity contribution in [2.24, 2.45) is 5.92 Å². The Kier molecular flexibility index (Phi) is 6.13. The molecule has 1 amide bonds.